The van der Waals surface area contributed by atoms with Gasteiger partial charge in [-0.1, -0.05) is 31.2 Å². The quantitative estimate of drug-likeness (QED) is 0.538. The fourth-order valence-corrected chi connectivity index (χ4v) is 6.06. The van der Waals surface area contributed by atoms with Gasteiger partial charge in [-0.05, 0) is 37.1 Å². The summed E-state index contributed by atoms with van der Waals surface area (Å²) in [5.41, 5.74) is 2.79. The highest BCUT2D eigenvalue weighted by atomic mass is 32.2. The zero-order chi connectivity index (χ0) is 21.1. The molecule has 0 aliphatic carbocycles. The van der Waals surface area contributed by atoms with Gasteiger partial charge in [0.1, 0.15) is 5.75 Å². The van der Waals surface area contributed by atoms with Crippen molar-refractivity contribution >= 4 is 26.9 Å². The molecule has 1 saturated heterocycles. The number of ether oxygens (including phenoxy) is 1. The van der Waals surface area contributed by atoms with Crippen molar-refractivity contribution in [2.75, 3.05) is 30.9 Å². The van der Waals surface area contributed by atoms with E-state index in [4.69, 9.17) is 9.72 Å². The van der Waals surface area contributed by atoms with Gasteiger partial charge in [0, 0.05) is 30.0 Å². The summed E-state index contributed by atoms with van der Waals surface area (Å²) in [7, 11) is -1.56. The predicted octanol–water partition coefficient (Wildman–Crippen LogP) is 5.00. The lowest BCUT2D eigenvalue weighted by atomic mass is 9.97. The van der Waals surface area contributed by atoms with Crippen LogP contribution in [-0.2, 0) is 9.84 Å². The maximum absolute atomic E-state index is 12.5. The zero-order valence-electron chi connectivity index (χ0n) is 17.2. The summed E-state index contributed by atoms with van der Waals surface area (Å²) < 4.78 is 30.5. The van der Waals surface area contributed by atoms with Crippen LogP contribution in [0.25, 0.3) is 11.3 Å². The number of anilines is 1. The highest BCUT2D eigenvalue weighted by molar-refractivity contribution is 7.91. The molecule has 5 nitrogen and oxygen atoms in total. The maximum Gasteiger partial charge on any atom is 0.180 e. The van der Waals surface area contributed by atoms with Gasteiger partial charge in [0.2, 0.25) is 0 Å². The first kappa shape index (κ1) is 20.9. The fourth-order valence-electron chi connectivity index (χ4n) is 3.96. The molecule has 2 aromatic carbocycles. The molecule has 30 heavy (non-hydrogen) atoms. The smallest absolute Gasteiger partial charge is 0.180 e. The van der Waals surface area contributed by atoms with Crippen LogP contribution in [0.4, 0.5) is 5.69 Å². The topological polar surface area (TPSA) is 59.5 Å². The third kappa shape index (κ3) is 4.09. The minimum Gasteiger partial charge on any atom is -0.496 e. The third-order valence-electron chi connectivity index (χ3n) is 5.67. The number of benzene rings is 2. The number of rotatable bonds is 6. The average molecular weight is 443 g/mol. The van der Waals surface area contributed by atoms with Gasteiger partial charge in [0.15, 0.2) is 9.84 Å². The molecule has 1 aliphatic heterocycles. The molecule has 0 amide bonds. The van der Waals surface area contributed by atoms with Crippen molar-refractivity contribution in [3.05, 3.63) is 58.9 Å². The van der Waals surface area contributed by atoms with Gasteiger partial charge in [0.05, 0.1) is 34.1 Å². The van der Waals surface area contributed by atoms with Crippen LogP contribution >= 0.6 is 11.3 Å². The van der Waals surface area contributed by atoms with Crippen molar-refractivity contribution in [2.45, 2.75) is 30.6 Å². The Morgan fingerprint density at radius 2 is 1.80 bits per heavy atom. The van der Waals surface area contributed by atoms with E-state index in [1.165, 1.54) is 0 Å². The van der Waals surface area contributed by atoms with Crippen LogP contribution in [-0.4, -0.2) is 39.4 Å². The van der Waals surface area contributed by atoms with Gasteiger partial charge >= 0.3 is 0 Å². The Kier molecular flexibility index (Phi) is 6.11. The van der Waals surface area contributed by atoms with Gasteiger partial charge in [-0.15, -0.1) is 11.3 Å². The summed E-state index contributed by atoms with van der Waals surface area (Å²) in [6, 6.07) is 15.3. The molecule has 4 rings (SSSR count). The number of methoxy groups -OCH3 is 1. The van der Waals surface area contributed by atoms with Crippen molar-refractivity contribution in [3.63, 3.8) is 0 Å². The molecule has 3 aromatic rings. The lowest BCUT2D eigenvalue weighted by molar-refractivity contribution is 0.416. The average Bonchev–Trinajstić information content (AvgIpc) is 3.29. The Hall–Kier alpha value is -2.38. The number of piperidine rings is 1. The predicted molar refractivity (Wildman–Crippen MR) is 122 cm³/mol. The highest BCUT2D eigenvalue weighted by Gasteiger charge is 2.27. The van der Waals surface area contributed by atoms with Gasteiger partial charge in [-0.2, -0.15) is 0 Å². The first-order valence-corrected chi connectivity index (χ1v) is 12.7. The molecule has 0 spiro atoms. The summed E-state index contributed by atoms with van der Waals surface area (Å²) in [4.78, 5) is 7.55. The second-order valence-electron chi connectivity index (χ2n) is 7.40. The number of hydrogen-bond acceptors (Lipinski definition) is 6. The Balaban J connectivity index is 1.50. The van der Waals surface area contributed by atoms with Crippen molar-refractivity contribution in [3.8, 4) is 17.0 Å². The summed E-state index contributed by atoms with van der Waals surface area (Å²) in [6.07, 6.45) is 1.92. The molecule has 0 radical (unpaired) electrons. The fraction of sp³-hybridized carbons (Fsp3) is 0.348. The number of thiazole rings is 1. The van der Waals surface area contributed by atoms with Crippen molar-refractivity contribution in [1.29, 1.82) is 0 Å². The van der Waals surface area contributed by atoms with Crippen molar-refractivity contribution in [1.82, 2.24) is 4.98 Å². The van der Waals surface area contributed by atoms with Crippen molar-refractivity contribution < 1.29 is 13.2 Å². The second kappa shape index (κ2) is 8.78. The van der Waals surface area contributed by atoms with E-state index in [-0.39, 0.29) is 5.75 Å². The van der Waals surface area contributed by atoms with E-state index in [9.17, 15) is 8.42 Å². The SMILES string of the molecule is CCS(=O)(=O)c1ccccc1N1CCC(c2nc(-c3ccccc3OC)cs2)CC1. The van der Waals surface area contributed by atoms with E-state index in [1.807, 2.05) is 36.4 Å². The number of aromatic nitrogens is 1. The Labute approximate surface area is 182 Å². The second-order valence-corrected chi connectivity index (χ2v) is 10.5. The summed E-state index contributed by atoms with van der Waals surface area (Å²) in [5.74, 6) is 1.34. The van der Waals surface area contributed by atoms with Crippen LogP contribution in [0, 0.1) is 0 Å². The number of hydrogen-bond donors (Lipinski definition) is 0. The molecule has 1 aromatic heterocycles. The Morgan fingerprint density at radius 3 is 2.53 bits per heavy atom. The third-order valence-corrected chi connectivity index (χ3v) is 8.45. The van der Waals surface area contributed by atoms with E-state index in [1.54, 1.807) is 37.5 Å². The largest absolute Gasteiger partial charge is 0.496 e. The summed E-state index contributed by atoms with van der Waals surface area (Å²) in [5, 5.41) is 3.24. The maximum atomic E-state index is 12.5. The number of nitrogens with zero attached hydrogens (tertiary/aromatic N) is 2. The lowest BCUT2D eigenvalue weighted by Crippen LogP contribution is -2.33. The molecule has 7 heteroatoms. The van der Waals surface area contributed by atoms with E-state index < -0.39 is 9.84 Å². The van der Waals surface area contributed by atoms with Gasteiger partial charge < -0.3 is 9.64 Å². The van der Waals surface area contributed by atoms with Crippen LogP contribution in [0.3, 0.4) is 0 Å². The van der Waals surface area contributed by atoms with E-state index in [2.05, 4.69) is 10.3 Å². The molecule has 0 unspecified atom stereocenters. The minimum atomic E-state index is -3.24. The molecule has 1 fully saturated rings. The van der Waals surface area contributed by atoms with Gasteiger partial charge in [-0.25, -0.2) is 13.4 Å². The monoisotopic (exact) mass is 442 g/mol. The van der Waals surface area contributed by atoms with Gasteiger partial charge in [0.25, 0.3) is 0 Å². The molecule has 2 heterocycles. The summed E-state index contributed by atoms with van der Waals surface area (Å²) in [6.45, 7) is 3.34. The number of sulfone groups is 1. The van der Waals surface area contributed by atoms with E-state index in [0.717, 1.165) is 53.6 Å². The lowest BCUT2D eigenvalue weighted by Gasteiger charge is -2.34. The van der Waals surface area contributed by atoms with Crippen LogP contribution in [0.1, 0.15) is 30.7 Å². The normalized spacial score (nSPS) is 15.3. The highest BCUT2D eigenvalue weighted by Crippen LogP contribution is 2.37. The Bertz CT molecular complexity index is 1120. The van der Waals surface area contributed by atoms with E-state index >= 15 is 0 Å². The first-order chi connectivity index (χ1) is 14.5. The van der Waals surface area contributed by atoms with Crippen LogP contribution < -0.4 is 9.64 Å². The molecular weight excluding hydrogens is 416 g/mol. The standard InChI is InChI=1S/C23H26N2O3S2/c1-3-30(26,27)22-11-7-5-9-20(22)25-14-12-17(13-15-25)23-24-19(16-29-23)18-8-4-6-10-21(18)28-2/h4-11,16-17H,3,12-15H2,1-2H3. The summed E-state index contributed by atoms with van der Waals surface area (Å²) >= 11 is 1.70. The molecule has 158 valence electrons. The zero-order valence-corrected chi connectivity index (χ0v) is 18.9. The molecule has 0 bridgehead atoms. The van der Waals surface area contributed by atoms with Crippen LogP contribution in [0.5, 0.6) is 5.75 Å². The number of para-hydroxylation sites is 2. The van der Waals surface area contributed by atoms with Crippen LogP contribution in [0.2, 0.25) is 0 Å². The molecule has 0 atom stereocenters. The Morgan fingerprint density at radius 1 is 1.10 bits per heavy atom. The van der Waals surface area contributed by atoms with Crippen LogP contribution in [0.15, 0.2) is 58.8 Å². The minimum absolute atomic E-state index is 0.116. The molecule has 0 saturated carbocycles. The molecule has 0 N–H and O–H groups in total. The van der Waals surface area contributed by atoms with Gasteiger partial charge in [-0.3, -0.25) is 0 Å². The molecular formula is C23H26N2O3S2. The first-order valence-electron chi connectivity index (χ1n) is 10.2. The van der Waals surface area contributed by atoms with E-state index in [0.29, 0.717) is 10.8 Å². The molecule has 1 aliphatic rings. The van der Waals surface area contributed by atoms with Crippen molar-refractivity contribution in [2.24, 2.45) is 0 Å².